The van der Waals surface area contributed by atoms with E-state index in [9.17, 15) is 18.0 Å². The highest BCUT2D eigenvalue weighted by molar-refractivity contribution is 7.90. The molecule has 0 spiro atoms. The van der Waals surface area contributed by atoms with Crippen LogP contribution >= 0.6 is 0 Å². The van der Waals surface area contributed by atoms with E-state index in [-0.39, 0.29) is 16.9 Å². The van der Waals surface area contributed by atoms with Gasteiger partial charge in [0.15, 0.2) is 0 Å². The molecule has 0 radical (unpaired) electrons. The molecule has 2 rings (SSSR count). The average molecular weight is 337 g/mol. The normalized spacial score (nSPS) is 15.7. The first-order valence-corrected chi connectivity index (χ1v) is 9.65. The number of hydrogen-bond acceptors (Lipinski definition) is 4. The number of unbranched alkanes of at least 4 members (excludes halogenated alkanes) is 6. The van der Waals surface area contributed by atoms with E-state index in [1.54, 1.807) is 12.1 Å². The Kier molecular flexibility index (Phi) is 5.93. The molecule has 0 atom stereocenters. The van der Waals surface area contributed by atoms with Crippen molar-refractivity contribution in [2.45, 2.75) is 63.2 Å². The summed E-state index contributed by atoms with van der Waals surface area (Å²) >= 11 is 0. The van der Waals surface area contributed by atoms with Gasteiger partial charge >= 0.3 is 0 Å². The molecule has 126 valence electrons. The smallest absolute Gasteiger partial charge is 0.273 e. The van der Waals surface area contributed by atoms with Crippen LogP contribution < -0.4 is 0 Å². The number of carbonyl (C=O) groups excluding carboxylic acids is 2. The Morgan fingerprint density at radius 1 is 1.00 bits per heavy atom. The monoisotopic (exact) mass is 337 g/mol. The summed E-state index contributed by atoms with van der Waals surface area (Å²) in [4.78, 5) is 24.3. The zero-order valence-electron chi connectivity index (χ0n) is 13.5. The molecule has 1 aromatic carbocycles. The summed E-state index contributed by atoms with van der Waals surface area (Å²) in [6, 6.07) is 5.95. The van der Waals surface area contributed by atoms with E-state index in [2.05, 4.69) is 6.92 Å². The number of amides is 2. The predicted molar refractivity (Wildman–Crippen MR) is 87.4 cm³/mol. The molecule has 1 aliphatic rings. The minimum absolute atomic E-state index is 0.0714. The van der Waals surface area contributed by atoms with E-state index in [0.29, 0.717) is 10.7 Å². The number of rotatable bonds is 8. The molecule has 0 saturated heterocycles. The summed E-state index contributed by atoms with van der Waals surface area (Å²) < 4.78 is 25.1. The van der Waals surface area contributed by atoms with Crippen molar-refractivity contribution in [1.29, 1.82) is 0 Å². The molecule has 0 aliphatic carbocycles. The van der Waals surface area contributed by atoms with Gasteiger partial charge < -0.3 is 0 Å². The molecule has 0 bridgehead atoms. The quantitative estimate of drug-likeness (QED) is 0.681. The number of fused-ring (bicyclic) bond motifs is 1. The summed E-state index contributed by atoms with van der Waals surface area (Å²) in [6.45, 7) is 2.16. The largest absolute Gasteiger partial charge is 0.276 e. The van der Waals surface area contributed by atoms with Crippen molar-refractivity contribution in [3.05, 3.63) is 29.8 Å². The van der Waals surface area contributed by atoms with E-state index >= 15 is 0 Å². The van der Waals surface area contributed by atoms with Crippen LogP contribution in [0.15, 0.2) is 29.2 Å². The molecule has 6 heteroatoms. The van der Waals surface area contributed by atoms with E-state index in [1.165, 1.54) is 31.4 Å². The molecule has 23 heavy (non-hydrogen) atoms. The highest BCUT2D eigenvalue weighted by Crippen LogP contribution is 2.30. The second-order valence-corrected chi connectivity index (χ2v) is 7.59. The molecule has 5 nitrogen and oxygen atoms in total. The van der Waals surface area contributed by atoms with Crippen LogP contribution in [0, 0.1) is 0 Å². The van der Waals surface area contributed by atoms with Gasteiger partial charge in [-0.15, -0.1) is 0 Å². The van der Waals surface area contributed by atoms with Crippen molar-refractivity contribution >= 4 is 21.8 Å². The maximum atomic E-state index is 12.3. The number of benzene rings is 1. The Morgan fingerprint density at radius 3 is 2.26 bits per heavy atom. The average Bonchev–Trinajstić information content (AvgIpc) is 2.73. The van der Waals surface area contributed by atoms with Crippen molar-refractivity contribution in [3.8, 4) is 0 Å². The number of hydrogen-bond donors (Lipinski definition) is 0. The zero-order chi connectivity index (χ0) is 16.9. The Morgan fingerprint density at radius 2 is 1.61 bits per heavy atom. The third kappa shape index (κ3) is 3.80. The third-order valence-corrected chi connectivity index (χ3v) is 5.80. The zero-order valence-corrected chi connectivity index (χ0v) is 14.3. The second kappa shape index (κ2) is 7.73. The van der Waals surface area contributed by atoms with Gasteiger partial charge in [-0.1, -0.05) is 57.6 Å². The highest BCUT2D eigenvalue weighted by atomic mass is 32.2. The van der Waals surface area contributed by atoms with Gasteiger partial charge in [0.2, 0.25) is 5.91 Å². The van der Waals surface area contributed by atoms with Crippen LogP contribution in [-0.4, -0.2) is 24.5 Å². The Hall–Kier alpha value is -1.69. The summed E-state index contributed by atoms with van der Waals surface area (Å²) in [5, 5.41) is 0. The standard InChI is InChI=1S/C17H23NO4S/c1-2-3-4-5-6-7-8-13-16(19)18-17(20)14-11-9-10-12-15(14)23(18,21)22/h9-12H,2-8,13H2,1H3. The molecule has 1 heterocycles. The molecular weight excluding hydrogens is 314 g/mol. The van der Waals surface area contributed by atoms with Gasteiger partial charge in [-0.25, -0.2) is 8.42 Å². The lowest BCUT2D eigenvalue weighted by molar-refractivity contribution is -0.124. The summed E-state index contributed by atoms with van der Waals surface area (Å²) in [6.07, 6.45) is 7.35. The molecule has 1 aromatic rings. The first-order chi connectivity index (χ1) is 11.0. The summed E-state index contributed by atoms with van der Waals surface area (Å²) in [5.41, 5.74) is 0.0837. The Balaban J connectivity index is 1.90. The fraction of sp³-hybridized carbons (Fsp3) is 0.529. The minimum atomic E-state index is -4.02. The van der Waals surface area contributed by atoms with Crippen LogP contribution in [0.3, 0.4) is 0 Å². The molecule has 0 aromatic heterocycles. The molecule has 0 N–H and O–H groups in total. The SMILES string of the molecule is CCCCCCCCCC(=O)N1C(=O)c2ccccc2S1(=O)=O. The van der Waals surface area contributed by atoms with Crippen molar-refractivity contribution in [1.82, 2.24) is 4.31 Å². The van der Waals surface area contributed by atoms with Gasteiger partial charge in [-0.2, -0.15) is 4.31 Å². The van der Waals surface area contributed by atoms with Gasteiger partial charge in [-0.05, 0) is 18.6 Å². The van der Waals surface area contributed by atoms with Crippen LogP contribution in [0.5, 0.6) is 0 Å². The number of carbonyl (C=O) groups is 2. The fourth-order valence-electron chi connectivity index (χ4n) is 2.77. The van der Waals surface area contributed by atoms with Gasteiger partial charge in [0.1, 0.15) is 4.90 Å². The van der Waals surface area contributed by atoms with E-state index in [4.69, 9.17) is 0 Å². The van der Waals surface area contributed by atoms with Crippen molar-refractivity contribution in [2.24, 2.45) is 0 Å². The first kappa shape index (κ1) is 17.7. The number of imide groups is 1. The lowest BCUT2D eigenvalue weighted by Crippen LogP contribution is -2.36. The molecule has 0 saturated carbocycles. The fourth-order valence-corrected chi connectivity index (χ4v) is 4.32. The van der Waals surface area contributed by atoms with E-state index in [0.717, 1.165) is 19.3 Å². The summed E-state index contributed by atoms with van der Waals surface area (Å²) in [5.74, 6) is -1.35. The Bertz CT molecular complexity index is 682. The topological polar surface area (TPSA) is 71.5 Å². The van der Waals surface area contributed by atoms with E-state index in [1.807, 2.05) is 0 Å². The van der Waals surface area contributed by atoms with Crippen molar-refractivity contribution < 1.29 is 18.0 Å². The molecule has 2 amide bonds. The van der Waals surface area contributed by atoms with Gasteiger partial charge in [0.05, 0.1) is 5.56 Å². The summed E-state index contributed by atoms with van der Waals surface area (Å²) in [7, 11) is -4.02. The third-order valence-electron chi connectivity index (χ3n) is 4.04. The maximum absolute atomic E-state index is 12.3. The van der Waals surface area contributed by atoms with Crippen LogP contribution in [-0.2, 0) is 14.8 Å². The number of nitrogens with zero attached hydrogens (tertiary/aromatic N) is 1. The highest BCUT2D eigenvalue weighted by Gasteiger charge is 2.44. The molecule has 1 aliphatic heterocycles. The van der Waals surface area contributed by atoms with Gasteiger partial charge in [-0.3, -0.25) is 9.59 Å². The second-order valence-electron chi connectivity index (χ2n) is 5.84. The maximum Gasteiger partial charge on any atom is 0.276 e. The Labute approximate surface area is 137 Å². The van der Waals surface area contributed by atoms with Crippen LogP contribution in [0.2, 0.25) is 0 Å². The van der Waals surface area contributed by atoms with Gasteiger partial charge in [0.25, 0.3) is 15.9 Å². The van der Waals surface area contributed by atoms with Gasteiger partial charge in [0, 0.05) is 6.42 Å². The lowest BCUT2D eigenvalue weighted by atomic mass is 10.1. The minimum Gasteiger partial charge on any atom is -0.273 e. The van der Waals surface area contributed by atoms with Crippen molar-refractivity contribution in [2.75, 3.05) is 0 Å². The van der Waals surface area contributed by atoms with Crippen molar-refractivity contribution in [3.63, 3.8) is 0 Å². The lowest BCUT2D eigenvalue weighted by Gasteiger charge is -2.12. The van der Waals surface area contributed by atoms with Crippen LogP contribution in [0.4, 0.5) is 0 Å². The van der Waals surface area contributed by atoms with Crippen LogP contribution in [0.1, 0.15) is 68.6 Å². The van der Waals surface area contributed by atoms with E-state index < -0.39 is 21.8 Å². The molecule has 0 unspecified atom stereocenters. The molecular formula is C17H23NO4S. The number of sulfonamides is 1. The van der Waals surface area contributed by atoms with Crippen LogP contribution in [0.25, 0.3) is 0 Å². The first-order valence-electron chi connectivity index (χ1n) is 8.21. The predicted octanol–water partition coefficient (Wildman–Crippen LogP) is 3.50. The molecule has 0 fully saturated rings.